The molecule has 1 amide bonds. The molecule has 3 aromatic rings. The first-order valence-corrected chi connectivity index (χ1v) is 10.7. The van der Waals surface area contributed by atoms with Crippen molar-refractivity contribution in [1.82, 2.24) is 14.9 Å². The minimum absolute atomic E-state index is 0.0323. The van der Waals surface area contributed by atoms with Crippen LogP contribution in [-0.4, -0.2) is 15.5 Å². The molecule has 1 unspecified atom stereocenters. The highest BCUT2D eigenvalue weighted by molar-refractivity contribution is 7.16. The van der Waals surface area contributed by atoms with Gasteiger partial charge in [-0.3, -0.25) is 14.2 Å². The summed E-state index contributed by atoms with van der Waals surface area (Å²) < 4.78 is 1.37. The molecule has 0 saturated carbocycles. The van der Waals surface area contributed by atoms with Crippen LogP contribution in [0.5, 0.6) is 0 Å². The van der Waals surface area contributed by atoms with Crippen LogP contribution in [0, 0.1) is 5.92 Å². The Hall–Kier alpha value is -2.47. The zero-order valence-corrected chi connectivity index (χ0v) is 17.5. The minimum Gasteiger partial charge on any atom is -0.347 e. The van der Waals surface area contributed by atoms with Gasteiger partial charge in [0.2, 0.25) is 5.91 Å². The summed E-state index contributed by atoms with van der Waals surface area (Å²) in [5.74, 6) is 0.0480. The standard InChI is InChI=1S/C22H27N3O2S/c1-4-5-6-16-7-9-17(10-8-16)20(15(2)3)24-19(26)13-25-14-23-21-18(22(25)27)11-12-28-21/h7-12,14-15,20H,4-6,13H2,1-3H3,(H,24,26). The van der Waals surface area contributed by atoms with Gasteiger partial charge in [-0.2, -0.15) is 0 Å². The van der Waals surface area contributed by atoms with Gasteiger partial charge in [0.05, 0.1) is 17.8 Å². The van der Waals surface area contributed by atoms with Crippen LogP contribution in [0.1, 0.15) is 50.8 Å². The van der Waals surface area contributed by atoms with Gasteiger partial charge in [-0.05, 0) is 41.3 Å². The van der Waals surface area contributed by atoms with Crippen LogP contribution in [0.3, 0.4) is 0 Å². The number of hydrogen-bond donors (Lipinski definition) is 1. The number of unbranched alkanes of at least 4 members (excludes halogenated alkanes) is 1. The highest BCUT2D eigenvalue weighted by Crippen LogP contribution is 2.22. The first-order valence-electron chi connectivity index (χ1n) is 9.80. The Balaban J connectivity index is 1.72. The second-order valence-corrected chi connectivity index (χ2v) is 8.35. The summed E-state index contributed by atoms with van der Waals surface area (Å²) in [6, 6.07) is 10.1. The van der Waals surface area contributed by atoms with Gasteiger partial charge in [0, 0.05) is 0 Å². The quantitative estimate of drug-likeness (QED) is 0.616. The number of carbonyl (C=O) groups excluding carboxylic acids is 1. The first-order chi connectivity index (χ1) is 13.5. The fraction of sp³-hybridized carbons (Fsp3) is 0.409. The molecule has 0 spiro atoms. The van der Waals surface area contributed by atoms with E-state index in [1.54, 1.807) is 6.07 Å². The average molecular weight is 398 g/mol. The molecule has 0 radical (unpaired) electrons. The Morgan fingerprint density at radius 2 is 1.96 bits per heavy atom. The maximum atomic E-state index is 12.6. The predicted molar refractivity (Wildman–Crippen MR) is 115 cm³/mol. The number of benzene rings is 1. The molecule has 148 valence electrons. The van der Waals surface area contributed by atoms with Crippen molar-refractivity contribution in [3.05, 3.63) is 63.5 Å². The molecular formula is C22H27N3O2S. The molecule has 2 heterocycles. The number of fused-ring (bicyclic) bond motifs is 1. The monoisotopic (exact) mass is 397 g/mol. The van der Waals surface area contributed by atoms with E-state index in [1.807, 2.05) is 5.38 Å². The normalized spacial score (nSPS) is 12.4. The van der Waals surface area contributed by atoms with Crippen molar-refractivity contribution >= 4 is 27.5 Å². The Morgan fingerprint density at radius 3 is 2.64 bits per heavy atom. The zero-order chi connectivity index (χ0) is 20.1. The molecule has 0 aliphatic carbocycles. The largest absolute Gasteiger partial charge is 0.347 e. The minimum atomic E-state index is -0.188. The molecule has 2 aromatic heterocycles. The maximum absolute atomic E-state index is 12.6. The molecular weight excluding hydrogens is 370 g/mol. The lowest BCUT2D eigenvalue weighted by Crippen LogP contribution is -2.36. The fourth-order valence-corrected chi connectivity index (χ4v) is 4.01. The van der Waals surface area contributed by atoms with Crippen LogP contribution in [0.4, 0.5) is 0 Å². The van der Waals surface area contributed by atoms with Crippen molar-refractivity contribution in [2.75, 3.05) is 0 Å². The lowest BCUT2D eigenvalue weighted by atomic mass is 9.94. The molecule has 0 aliphatic rings. The summed E-state index contributed by atoms with van der Waals surface area (Å²) in [6.07, 6.45) is 4.89. The third-order valence-electron chi connectivity index (χ3n) is 4.91. The number of aryl methyl sites for hydroxylation is 1. The molecule has 3 rings (SSSR count). The molecule has 5 nitrogen and oxygen atoms in total. The van der Waals surface area contributed by atoms with Gasteiger partial charge in [-0.1, -0.05) is 51.5 Å². The van der Waals surface area contributed by atoms with Crippen molar-refractivity contribution in [2.45, 2.75) is 52.6 Å². The molecule has 1 aromatic carbocycles. The molecule has 1 N–H and O–H groups in total. The highest BCUT2D eigenvalue weighted by atomic mass is 32.1. The van der Waals surface area contributed by atoms with E-state index in [2.05, 4.69) is 55.3 Å². The van der Waals surface area contributed by atoms with E-state index in [9.17, 15) is 9.59 Å². The number of aromatic nitrogens is 2. The topological polar surface area (TPSA) is 64.0 Å². The molecule has 6 heteroatoms. The van der Waals surface area contributed by atoms with E-state index < -0.39 is 0 Å². The number of nitrogens with zero attached hydrogens (tertiary/aromatic N) is 2. The van der Waals surface area contributed by atoms with Crippen LogP contribution in [-0.2, 0) is 17.8 Å². The molecule has 1 atom stereocenters. The van der Waals surface area contributed by atoms with Crippen molar-refractivity contribution in [3.8, 4) is 0 Å². The van der Waals surface area contributed by atoms with Crippen molar-refractivity contribution in [3.63, 3.8) is 0 Å². The van der Waals surface area contributed by atoms with E-state index in [0.29, 0.717) is 10.2 Å². The van der Waals surface area contributed by atoms with E-state index in [4.69, 9.17) is 0 Å². The molecule has 0 bridgehead atoms. The number of amides is 1. The molecule has 28 heavy (non-hydrogen) atoms. The number of hydrogen-bond acceptors (Lipinski definition) is 4. The van der Waals surface area contributed by atoms with Gasteiger partial charge in [0.25, 0.3) is 5.56 Å². The van der Waals surface area contributed by atoms with E-state index in [1.165, 1.54) is 40.6 Å². The summed E-state index contributed by atoms with van der Waals surface area (Å²) in [5.41, 5.74) is 2.23. The van der Waals surface area contributed by atoms with Crippen LogP contribution in [0.25, 0.3) is 10.2 Å². The second-order valence-electron chi connectivity index (χ2n) is 7.45. The summed E-state index contributed by atoms with van der Waals surface area (Å²) in [5, 5.41) is 5.48. The van der Waals surface area contributed by atoms with Gasteiger partial charge in [0.15, 0.2) is 0 Å². The SMILES string of the molecule is CCCCc1ccc(C(NC(=O)Cn2cnc3sccc3c2=O)C(C)C)cc1. The van der Waals surface area contributed by atoms with E-state index >= 15 is 0 Å². The highest BCUT2D eigenvalue weighted by Gasteiger charge is 2.19. The van der Waals surface area contributed by atoms with Gasteiger partial charge in [-0.15, -0.1) is 11.3 Å². The van der Waals surface area contributed by atoms with Gasteiger partial charge in [0.1, 0.15) is 11.4 Å². The summed E-state index contributed by atoms with van der Waals surface area (Å²) >= 11 is 1.42. The summed E-state index contributed by atoms with van der Waals surface area (Å²) in [6.45, 7) is 6.33. The van der Waals surface area contributed by atoms with Crippen LogP contribution < -0.4 is 10.9 Å². The van der Waals surface area contributed by atoms with Crippen LogP contribution in [0.2, 0.25) is 0 Å². The maximum Gasteiger partial charge on any atom is 0.262 e. The molecule has 0 saturated heterocycles. The number of rotatable bonds is 8. The average Bonchev–Trinajstić information content (AvgIpc) is 3.16. The van der Waals surface area contributed by atoms with E-state index in [-0.39, 0.29) is 30.0 Å². The summed E-state index contributed by atoms with van der Waals surface area (Å²) in [4.78, 5) is 30.1. The van der Waals surface area contributed by atoms with Crippen LogP contribution in [0.15, 0.2) is 46.8 Å². The Morgan fingerprint density at radius 1 is 1.21 bits per heavy atom. The van der Waals surface area contributed by atoms with Crippen LogP contribution >= 0.6 is 11.3 Å². The number of thiophene rings is 1. The van der Waals surface area contributed by atoms with Gasteiger partial charge < -0.3 is 5.32 Å². The fourth-order valence-electron chi connectivity index (χ4n) is 3.29. The number of carbonyl (C=O) groups is 1. The lowest BCUT2D eigenvalue weighted by molar-refractivity contribution is -0.122. The Labute approximate surface area is 169 Å². The molecule has 0 fully saturated rings. The van der Waals surface area contributed by atoms with Crippen molar-refractivity contribution < 1.29 is 4.79 Å². The Bertz CT molecular complexity index is 989. The Kier molecular flexibility index (Phi) is 6.62. The zero-order valence-electron chi connectivity index (χ0n) is 16.6. The number of nitrogens with one attached hydrogen (secondary N) is 1. The lowest BCUT2D eigenvalue weighted by Gasteiger charge is -2.23. The third kappa shape index (κ3) is 4.68. The smallest absolute Gasteiger partial charge is 0.262 e. The van der Waals surface area contributed by atoms with Crippen molar-refractivity contribution in [1.29, 1.82) is 0 Å². The van der Waals surface area contributed by atoms with Gasteiger partial charge in [-0.25, -0.2) is 4.98 Å². The third-order valence-corrected chi connectivity index (χ3v) is 5.73. The van der Waals surface area contributed by atoms with E-state index in [0.717, 1.165) is 12.0 Å². The summed E-state index contributed by atoms with van der Waals surface area (Å²) in [7, 11) is 0. The molecule has 0 aliphatic heterocycles. The second kappa shape index (κ2) is 9.15. The van der Waals surface area contributed by atoms with Crippen molar-refractivity contribution in [2.24, 2.45) is 5.92 Å². The first kappa shape index (κ1) is 20.3. The van der Waals surface area contributed by atoms with Gasteiger partial charge >= 0.3 is 0 Å². The predicted octanol–water partition coefficient (Wildman–Crippen LogP) is 4.31.